The molecule has 1 heterocycles. The number of halogens is 1. The fraction of sp³-hybridized carbons (Fsp3) is 0.310. The highest BCUT2D eigenvalue weighted by molar-refractivity contribution is 7.22. The van der Waals surface area contributed by atoms with Crippen LogP contribution < -0.4 is 11.1 Å². The van der Waals surface area contributed by atoms with E-state index in [4.69, 9.17) is 31.8 Å². The van der Waals surface area contributed by atoms with Gasteiger partial charge in [-0.1, -0.05) is 23.7 Å². The van der Waals surface area contributed by atoms with Crippen LogP contribution in [-0.4, -0.2) is 30.2 Å². The minimum atomic E-state index is -0.911. The number of benzene rings is 3. The van der Waals surface area contributed by atoms with Crippen LogP contribution in [0.25, 0.3) is 31.9 Å². The molecule has 0 radical (unpaired) electrons. The summed E-state index contributed by atoms with van der Waals surface area (Å²) in [4.78, 5) is 18.2. The summed E-state index contributed by atoms with van der Waals surface area (Å²) in [5.74, 6) is -0.421. The van der Waals surface area contributed by atoms with Crippen molar-refractivity contribution in [1.29, 1.82) is 0 Å². The van der Waals surface area contributed by atoms with Crippen molar-refractivity contribution in [2.45, 2.75) is 46.3 Å². The van der Waals surface area contributed by atoms with Crippen molar-refractivity contribution >= 4 is 50.5 Å². The Morgan fingerprint density at radius 1 is 1.14 bits per heavy atom. The van der Waals surface area contributed by atoms with E-state index in [0.717, 1.165) is 48.7 Å². The highest BCUT2D eigenvalue weighted by atomic mass is 35.5. The van der Waals surface area contributed by atoms with E-state index in [9.17, 15) is 4.79 Å². The van der Waals surface area contributed by atoms with Gasteiger partial charge in [-0.15, -0.1) is 11.3 Å². The lowest BCUT2D eigenvalue weighted by molar-refractivity contribution is -0.166. The topological polar surface area (TPSA) is 86.5 Å². The summed E-state index contributed by atoms with van der Waals surface area (Å²) in [6, 6.07) is 15.5. The minimum absolute atomic E-state index is 0.259. The number of aromatic nitrogens is 1. The number of esters is 1. The van der Waals surface area contributed by atoms with Crippen LogP contribution in [0.3, 0.4) is 0 Å². The molecule has 0 saturated heterocycles. The number of hydrogen-bond donors (Lipinski definition) is 2. The molecule has 1 atom stereocenters. The van der Waals surface area contributed by atoms with Gasteiger partial charge >= 0.3 is 5.97 Å². The largest absolute Gasteiger partial charge is 0.464 e. The highest BCUT2D eigenvalue weighted by Gasteiger charge is 2.33. The zero-order valence-corrected chi connectivity index (χ0v) is 23.5. The molecule has 1 aromatic heterocycles. The number of carbonyl (C=O) groups excluding carboxylic acids is 1. The summed E-state index contributed by atoms with van der Waals surface area (Å²) in [5, 5.41) is 4.56. The first-order valence-electron chi connectivity index (χ1n) is 12.1. The number of nitrogen functional groups attached to an aromatic ring is 1. The highest BCUT2D eigenvalue weighted by Crippen LogP contribution is 2.45. The number of hydrogen-bond acceptors (Lipinski definition) is 7. The maximum atomic E-state index is 13.3. The van der Waals surface area contributed by atoms with Crippen LogP contribution in [0.1, 0.15) is 44.9 Å². The van der Waals surface area contributed by atoms with Crippen LogP contribution in [-0.2, 0) is 14.3 Å². The van der Waals surface area contributed by atoms with Crippen LogP contribution in [0, 0.1) is 6.92 Å². The van der Waals surface area contributed by atoms with Crippen molar-refractivity contribution in [3.8, 4) is 21.7 Å². The SMILES string of the molecule is CCOC(=O)[C@@H](OC(C)(C)C)c1c(C)cc2nc(-c3ccc(NC)c(N)c3)sc2c1-c1ccc(Cl)cc1. The first kappa shape index (κ1) is 26.9. The van der Waals surface area contributed by atoms with Gasteiger partial charge in [0.1, 0.15) is 5.01 Å². The lowest BCUT2D eigenvalue weighted by atomic mass is 9.91. The third-order valence-electron chi connectivity index (χ3n) is 5.86. The van der Waals surface area contributed by atoms with Gasteiger partial charge in [-0.25, -0.2) is 9.78 Å². The lowest BCUT2D eigenvalue weighted by Crippen LogP contribution is -2.29. The number of rotatable bonds is 7. The van der Waals surface area contributed by atoms with Crippen molar-refractivity contribution in [1.82, 2.24) is 4.98 Å². The monoisotopic (exact) mass is 537 g/mol. The Bertz CT molecular complexity index is 1440. The minimum Gasteiger partial charge on any atom is -0.464 e. The Morgan fingerprint density at radius 2 is 1.81 bits per heavy atom. The molecule has 0 aliphatic carbocycles. The van der Waals surface area contributed by atoms with Gasteiger partial charge in [0.25, 0.3) is 0 Å². The van der Waals surface area contributed by atoms with Crippen LogP contribution in [0.2, 0.25) is 5.02 Å². The maximum Gasteiger partial charge on any atom is 0.339 e. The molecule has 194 valence electrons. The number of fused-ring (bicyclic) bond motifs is 1. The molecule has 3 aromatic carbocycles. The molecule has 0 bridgehead atoms. The Morgan fingerprint density at radius 3 is 2.41 bits per heavy atom. The molecule has 0 spiro atoms. The average molecular weight is 538 g/mol. The van der Waals surface area contributed by atoms with Gasteiger partial charge in [0, 0.05) is 28.8 Å². The molecule has 3 N–H and O–H groups in total. The van der Waals surface area contributed by atoms with Crippen molar-refractivity contribution in [2.75, 3.05) is 24.7 Å². The van der Waals surface area contributed by atoms with E-state index in [1.165, 1.54) is 0 Å². The number of nitrogens with zero attached hydrogens (tertiary/aromatic N) is 1. The number of anilines is 2. The van der Waals surface area contributed by atoms with E-state index >= 15 is 0 Å². The number of nitrogens with two attached hydrogens (primary N) is 1. The van der Waals surface area contributed by atoms with Gasteiger partial charge in [-0.3, -0.25) is 0 Å². The van der Waals surface area contributed by atoms with Crippen LogP contribution >= 0.6 is 22.9 Å². The second kappa shape index (κ2) is 10.7. The summed E-state index contributed by atoms with van der Waals surface area (Å²) in [6.07, 6.45) is -0.911. The molecule has 8 heteroatoms. The molecule has 0 fully saturated rings. The summed E-state index contributed by atoms with van der Waals surface area (Å²) in [7, 11) is 1.84. The first-order chi connectivity index (χ1) is 17.5. The summed E-state index contributed by atoms with van der Waals surface area (Å²) in [6.45, 7) is 9.82. The Balaban J connectivity index is 2.01. The van der Waals surface area contributed by atoms with Crippen molar-refractivity contribution < 1.29 is 14.3 Å². The number of carbonyl (C=O) groups is 1. The fourth-order valence-electron chi connectivity index (χ4n) is 4.30. The van der Waals surface area contributed by atoms with Gasteiger partial charge in [0.15, 0.2) is 6.10 Å². The summed E-state index contributed by atoms with van der Waals surface area (Å²) in [5.41, 5.74) is 12.4. The molecular weight excluding hydrogens is 506 g/mol. The second-order valence-electron chi connectivity index (χ2n) is 9.77. The average Bonchev–Trinajstić information content (AvgIpc) is 3.25. The molecule has 37 heavy (non-hydrogen) atoms. The molecule has 4 aromatic rings. The number of thiazole rings is 1. The molecular formula is C29H32ClN3O3S. The normalized spacial score (nSPS) is 12.5. The van der Waals surface area contributed by atoms with Crippen LogP contribution in [0.5, 0.6) is 0 Å². The number of nitrogens with one attached hydrogen (secondary N) is 1. The molecule has 0 amide bonds. The van der Waals surface area contributed by atoms with E-state index in [0.29, 0.717) is 10.7 Å². The Hall–Kier alpha value is -3.13. The van der Waals surface area contributed by atoms with E-state index in [1.807, 2.05) is 83.3 Å². The molecule has 0 saturated carbocycles. The summed E-state index contributed by atoms with van der Waals surface area (Å²) >= 11 is 7.78. The Labute approximate surface area is 226 Å². The van der Waals surface area contributed by atoms with Crippen LogP contribution in [0.4, 0.5) is 11.4 Å². The quantitative estimate of drug-likeness (QED) is 0.186. The third kappa shape index (κ3) is 5.74. The van der Waals surface area contributed by atoms with E-state index < -0.39 is 17.7 Å². The van der Waals surface area contributed by atoms with Gasteiger partial charge in [0.05, 0.1) is 33.8 Å². The number of aryl methyl sites for hydroxylation is 1. The fourth-order valence-corrected chi connectivity index (χ4v) is 5.54. The first-order valence-corrected chi connectivity index (χ1v) is 13.3. The van der Waals surface area contributed by atoms with Gasteiger partial charge in [-0.05, 0) is 82.1 Å². The number of ether oxygens (including phenoxy) is 2. The molecule has 0 unspecified atom stereocenters. The standard InChI is InChI=1S/C29H32ClN3O3S/c1-7-35-28(34)25(36-29(3,4)5)23-16(2)14-22-26(24(23)17-8-11-19(30)12-9-17)37-27(33-22)18-10-13-21(32-6)20(31)15-18/h8-15,25,32H,7,31H2,1-6H3/t25-/m0/s1. The van der Waals surface area contributed by atoms with E-state index in [-0.39, 0.29) is 6.61 Å². The van der Waals surface area contributed by atoms with Crippen molar-refractivity contribution in [3.05, 3.63) is 64.7 Å². The summed E-state index contributed by atoms with van der Waals surface area (Å²) < 4.78 is 12.8. The molecule has 4 rings (SSSR count). The zero-order chi connectivity index (χ0) is 26.9. The molecule has 0 aliphatic heterocycles. The third-order valence-corrected chi connectivity index (χ3v) is 7.25. The van der Waals surface area contributed by atoms with Gasteiger partial charge < -0.3 is 20.5 Å². The lowest BCUT2D eigenvalue weighted by Gasteiger charge is -2.29. The van der Waals surface area contributed by atoms with Gasteiger partial charge in [0.2, 0.25) is 0 Å². The van der Waals surface area contributed by atoms with Crippen LogP contribution in [0.15, 0.2) is 48.5 Å². The Kier molecular flexibility index (Phi) is 7.78. The second-order valence-corrected chi connectivity index (χ2v) is 11.2. The van der Waals surface area contributed by atoms with Crippen molar-refractivity contribution in [3.63, 3.8) is 0 Å². The maximum absolute atomic E-state index is 13.3. The molecule has 6 nitrogen and oxygen atoms in total. The van der Waals surface area contributed by atoms with Crippen molar-refractivity contribution in [2.24, 2.45) is 0 Å². The molecule has 0 aliphatic rings. The van der Waals surface area contributed by atoms with Gasteiger partial charge in [-0.2, -0.15) is 0 Å². The van der Waals surface area contributed by atoms with E-state index in [1.54, 1.807) is 18.3 Å². The predicted octanol–water partition coefficient (Wildman–Crippen LogP) is 7.64. The zero-order valence-electron chi connectivity index (χ0n) is 21.9. The predicted molar refractivity (Wildman–Crippen MR) is 154 cm³/mol. The van der Waals surface area contributed by atoms with E-state index in [2.05, 4.69) is 5.32 Å². The smallest absolute Gasteiger partial charge is 0.339 e.